The molecule has 3 heterocycles. The fraction of sp³-hybridized carbons (Fsp3) is 0.938. The van der Waals surface area contributed by atoms with Gasteiger partial charge in [0.05, 0.1) is 0 Å². The number of piperidine rings is 2. The number of rotatable bonds is 2. The van der Waals surface area contributed by atoms with Gasteiger partial charge in [0.15, 0.2) is 0 Å². The van der Waals surface area contributed by atoms with Crippen LogP contribution in [0.25, 0.3) is 0 Å². The van der Waals surface area contributed by atoms with Gasteiger partial charge in [-0.25, -0.2) is 0 Å². The molecule has 3 saturated heterocycles. The van der Waals surface area contributed by atoms with Crippen molar-refractivity contribution in [2.24, 2.45) is 17.8 Å². The van der Waals surface area contributed by atoms with Crippen LogP contribution < -0.4 is 5.32 Å². The van der Waals surface area contributed by atoms with Crippen molar-refractivity contribution < 1.29 is 4.79 Å². The van der Waals surface area contributed by atoms with E-state index in [2.05, 4.69) is 22.2 Å². The second-order valence-corrected chi connectivity index (χ2v) is 7.00. The van der Waals surface area contributed by atoms with Gasteiger partial charge >= 0.3 is 0 Å². The summed E-state index contributed by atoms with van der Waals surface area (Å²) in [6, 6.07) is 0. The smallest absolute Gasteiger partial charge is 0.225 e. The van der Waals surface area contributed by atoms with E-state index in [0.717, 1.165) is 50.9 Å². The normalized spacial score (nSPS) is 29.4. The lowest BCUT2D eigenvalue weighted by atomic mass is 9.84. The first kappa shape index (κ1) is 17.0. The number of carbonyl (C=O) groups excluding carboxylic acids is 1. The molecule has 5 heteroatoms. The Hall–Kier alpha value is -0.320. The largest absolute Gasteiger partial charge is 0.342 e. The minimum atomic E-state index is 0. The molecule has 1 unspecified atom stereocenters. The first-order valence-electron chi connectivity index (χ1n) is 8.42. The van der Waals surface area contributed by atoms with Crippen LogP contribution in [0.15, 0.2) is 0 Å². The molecule has 0 aromatic heterocycles. The van der Waals surface area contributed by atoms with Crippen LogP contribution in [0.2, 0.25) is 0 Å². The average molecular weight is 316 g/mol. The van der Waals surface area contributed by atoms with Crippen molar-refractivity contribution in [2.75, 3.05) is 46.3 Å². The Morgan fingerprint density at radius 1 is 0.952 bits per heavy atom. The molecule has 3 rings (SSSR count). The van der Waals surface area contributed by atoms with Crippen LogP contribution >= 0.6 is 12.4 Å². The van der Waals surface area contributed by atoms with Crippen LogP contribution in [0.3, 0.4) is 0 Å². The van der Waals surface area contributed by atoms with E-state index in [0.29, 0.717) is 11.8 Å². The second-order valence-electron chi connectivity index (χ2n) is 7.00. The molecule has 1 N–H and O–H groups in total. The van der Waals surface area contributed by atoms with Crippen molar-refractivity contribution in [3.8, 4) is 0 Å². The summed E-state index contributed by atoms with van der Waals surface area (Å²) >= 11 is 0. The Morgan fingerprint density at radius 3 is 2.24 bits per heavy atom. The van der Waals surface area contributed by atoms with Crippen molar-refractivity contribution in [3.05, 3.63) is 0 Å². The Morgan fingerprint density at radius 2 is 1.57 bits per heavy atom. The van der Waals surface area contributed by atoms with Crippen molar-refractivity contribution in [3.63, 3.8) is 0 Å². The monoisotopic (exact) mass is 315 g/mol. The quantitative estimate of drug-likeness (QED) is 0.841. The molecule has 1 atom stereocenters. The van der Waals surface area contributed by atoms with Crippen molar-refractivity contribution in [2.45, 2.75) is 32.1 Å². The number of likely N-dealkylation sites (tertiary alicyclic amines) is 2. The third-order valence-electron chi connectivity index (χ3n) is 5.65. The van der Waals surface area contributed by atoms with Gasteiger partial charge < -0.3 is 15.1 Å². The van der Waals surface area contributed by atoms with E-state index in [4.69, 9.17) is 0 Å². The maximum atomic E-state index is 12.6. The summed E-state index contributed by atoms with van der Waals surface area (Å²) in [7, 11) is 2.22. The summed E-state index contributed by atoms with van der Waals surface area (Å²) in [5.41, 5.74) is 0. The van der Waals surface area contributed by atoms with Crippen LogP contribution in [0.4, 0.5) is 0 Å². The van der Waals surface area contributed by atoms with Gasteiger partial charge in [-0.15, -0.1) is 12.4 Å². The highest BCUT2D eigenvalue weighted by Gasteiger charge is 2.35. The maximum Gasteiger partial charge on any atom is 0.225 e. The SMILES string of the molecule is CN1CCC(C2CCN(C(=O)C3CCNCC3)C2)CC1.Cl. The average Bonchev–Trinajstić information content (AvgIpc) is 2.98. The highest BCUT2D eigenvalue weighted by Crippen LogP contribution is 2.32. The first-order chi connectivity index (χ1) is 9.74. The molecular formula is C16H30ClN3O. The zero-order valence-electron chi connectivity index (χ0n) is 13.2. The summed E-state index contributed by atoms with van der Waals surface area (Å²) in [6.07, 6.45) is 5.97. The molecule has 3 aliphatic heterocycles. The molecular weight excluding hydrogens is 286 g/mol. The zero-order valence-corrected chi connectivity index (χ0v) is 14.0. The lowest BCUT2D eigenvalue weighted by Crippen LogP contribution is -2.40. The number of carbonyl (C=O) groups is 1. The zero-order chi connectivity index (χ0) is 13.9. The van der Waals surface area contributed by atoms with E-state index in [1.807, 2.05) is 0 Å². The fourth-order valence-corrected chi connectivity index (χ4v) is 4.20. The fourth-order valence-electron chi connectivity index (χ4n) is 4.20. The van der Waals surface area contributed by atoms with Gasteiger partial charge in [0.2, 0.25) is 5.91 Å². The number of amides is 1. The third-order valence-corrected chi connectivity index (χ3v) is 5.65. The Balaban J connectivity index is 0.00000161. The molecule has 3 aliphatic rings. The molecule has 0 aliphatic carbocycles. The van der Waals surface area contributed by atoms with Crippen LogP contribution in [0.5, 0.6) is 0 Å². The van der Waals surface area contributed by atoms with Crippen LogP contribution in [0.1, 0.15) is 32.1 Å². The van der Waals surface area contributed by atoms with Gasteiger partial charge in [-0.05, 0) is 77.2 Å². The summed E-state index contributed by atoms with van der Waals surface area (Å²) in [4.78, 5) is 17.2. The molecule has 0 radical (unpaired) electrons. The Labute approximate surface area is 135 Å². The molecule has 0 bridgehead atoms. The van der Waals surface area contributed by atoms with Crippen molar-refractivity contribution in [1.82, 2.24) is 15.1 Å². The van der Waals surface area contributed by atoms with Crippen LogP contribution in [-0.4, -0.2) is 62.0 Å². The van der Waals surface area contributed by atoms with Crippen molar-refractivity contribution >= 4 is 18.3 Å². The topological polar surface area (TPSA) is 35.6 Å². The highest BCUT2D eigenvalue weighted by molar-refractivity contribution is 5.85. The van der Waals surface area contributed by atoms with Crippen LogP contribution in [0, 0.1) is 17.8 Å². The van der Waals surface area contributed by atoms with E-state index >= 15 is 0 Å². The van der Waals surface area contributed by atoms with Gasteiger partial charge in [0, 0.05) is 19.0 Å². The minimum absolute atomic E-state index is 0. The van der Waals surface area contributed by atoms with Crippen molar-refractivity contribution in [1.29, 1.82) is 0 Å². The Bertz CT molecular complexity index is 338. The van der Waals surface area contributed by atoms with E-state index < -0.39 is 0 Å². The van der Waals surface area contributed by atoms with Gasteiger partial charge in [0.25, 0.3) is 0 Å². The molecule has 4 nitrogen and oxygen atoms in total. The standard InChI is InChI=1S/C16H29N3O.ClH/c1-18-9-4-13(5-10-18)15-6-11-19(12-15)16(20)14-2-7-17-8-3-14;/h13-15,17H,2-12H2,1H3;1H. The lowest BCUT2D eigenvalue weighted by Gasteiger charge is -2.33. The second kappa shape index (κ2) is 7.80. The highest BCUT2D eigenvalue weighted by atomic mass is 35.5. The molecule has 3 fully saturated rings. The molecule has 21 heavy (non-hydrogen) atoms. The summed E-state index contributed by atoms with van der Waals surface area (Å²) in [5, 5.41) is 3.35. The van der Waals surface area contributed by atoms with Crippen LogP contribution in [-0.2, 0) is 4.79 Å². The van der Waals surface area contributed by atoms with Gasteiger partial charge in [-0.1, -0.05) is 0 Å². The Kier molecular flexibility index (Phi) is 6.33. The van der Waals surface area contributed by atoms with E-state index in [9.17, 15) is 4.79 Å². The van der Waals surface area contributed by atoms with E-state index in [1.165, 1.54) is 32.4 Å². The van der Waals surface area contributed by atoms with Gasteiger partial charge in [-0.3, -0.25) is 4.79 Å². The van der Waals surface area contributed by atoms with E-state index in [1.54, 1.807) is 0 Å². The molecule has 1 amide bonds. The predicted molar refractivity (Wildman–Crippen MR) is 87.7 cm³/mol. The summed E-state index contributed by atoms with van der Waals surface area (Å²) < 4.78 is 0. The lowest BCUT2D eigenvalue weighted by molar-refractivity contribution is -0.135. The number of halogens is 1. The number of nitrogens with zero attached hydrogens (tertiary/aromatic N) is 2. The molecule has 0 spiro atoms. The molecule has 0 saturated carbocycles. The van der Waals surface area contributed by atoms with Gasteiger partial charge in [0.1, 0.15) is 0 Å². The number of hydrogen-bond donors (Lipinski definition) is 1. The van der Waals surface area contributed by atoms with Gasteiger partial charge in [-0.2, -0.15) is 0 Å². The van der Waals surface area contributed by atoms with E-state index in [-0.39, 0.29) is 12.4 Å². The summed E-state index contributed by atoms with van der Waals surface area (Å²) in [5.74, 6) is 2.38. The summed E-state index contributed by atoms with van der Waals surface area (Å²) in [6.45, 7) is 6.56. The third kappa shape index (κ3) is 4.11. The molecule has 0 aromatic carbocycles. The maximum absolute atomic E-state index is 12.6. The molecule has 0 aromatic rings. The minimum Gasteiger partial charge on any atom is -0.342 e. The predicted octanol–water partition coefficient (Wildman–Crippen LogP) is 1.60. The number of nitrogens with one attached hydrogen (secondary N) is 1. The number of hydrogen-bond acceptors (Lipinski definition) is 3. The first-order valence-corrected chi connectivity index (χ1v) is 8.42. The molecule has 122 valence electrons.